The van der Waals surface area contributed by atoms with Crippen molar-refractivity contribution in [2.75, 3.05) is 38.6 Å². The molecule has 2 unspecified atom stereocenters. The Morgan fingerprint density at radius 3 is 2.43 bits per heavy atom. The highest BCUT2D eigenvalue weighted by atomic mass is 32.2. The van der Waals surface area contributed by atoms with Gasteiger partial charge in [0.25, 0.3) is 11.1 Å². The van der Waals surface area contributed by atoms with Crippen LogP contribution in [0.2, 0.25) is 18.1 Å². The normalized spacial score (nSPS) is 24.3. The zero-order valence-corrected chi connectivity index (χ0v) is 30.9. The summed E-state index contributed by atoms with van der Waals surface area (Å²) in [5.74, 6) is 0.942. The molecule has 2 aliphatic heterocycles. The number of hydroxylamine groups is 2. The van der Waals surface area contributed by atoms with Crippen molar-refractivity contribution in [3.05, 3.63) is 35.9 Å². The summed E-state index contributed by atoms with van der Waals surface area (Å²) >= 11 is 1.50. The fourth-order valence-electron chi connectivity index (χ4n) is 6.49. The molecule has 1 aromatic rings. The van der Waals surface area contributed by atoms with Gasteiger partial charge in [-0.25, -0.2) is 9.79 Å². The maximum absolute atomic E-state index is 13.6. The number of thioether (sulfide) groups is 1. The van der Waals surface area contributed by atoms with Gasteiger partial charge >= 0.3 is 6.03 Å². The minimum absolute atomic E-state index is 0.0973. The Balaban J connectivity index is 1.76. The molecule has 3 amide bonds. The topological polar surface area (TPSA) is 119 Å². The summed E-state index contributed by atoms with van der Waals surface area (Å²) in [5, 5.41) is 4.99. The molecule has 0 radical (unpaired) electrons. The van der Waals surface area contributed by atoms with Gasteiger partial charge in [0.1, 0.15) is 5.60 Å². The molecule has 0 bridgehead atoms. The van der Waals surface area contributed by atoms with Crippen LogP contribution in [0.3, 0.4) is 0 Å². The lowest BCUT2D eigenvalue weighted by Gasteiger charge is -2.54. The standard InChI is InChI=1S/C34H57N5O5SSi/c1-25(2)17-18-34(44-46(6,7)33(3,4)5,27-15-11-12-16-28(27)36-29(40)26-13-9-8-10-14-26)30-37-32(43-39(30)31(35)41)45-24-21-38-19-22-42-23-20-38/h8-10,13-14,25,27-28,30H,11-12,15-24H2,1-7H3,(H2,35,41)(H,36,40)/t27-,28+,30?,34?/m1/s1. The van der Waals surface area contributed by atoms with E-state index in [1.165, 1.54) is 16.8 Å². The molecule has 1 aliphatic carbocycles. The average molecular weight is 676 g/mol. The molecule has 3 aliphatic rings. The van der Waals surface area contributed by atoms with Gasteiger partial charge in [0.05, 0.1) is 13.2 Å². The number of ether oxygens (including phenoxy) is 1. The number of nitrogens with two attached hydrogens (primary N) is 1. The molecule has 4 atom stereocenters. The molecular formula is C34H57N5O5SSi. The van der Waals surface area contributed by atoms with Crippen LogP contribution in [0.25, 0.3) is 0 Å². The molecule has 0 spiro atoms. The predicted molar refractivity (Wildman–Crippen MR) is 188 cm³/mol. The molecule has 1 saturated carbocycles. The van der Waals surface area contributed by atoms with Crippen LogP contribution in [0.1, 0.15) is 83.5 Å². The summed E-state index contributed by atoms with van der Waals surface area (Å²) in [6, 6.07) is 8.51. The highest BCUT2D eigenvalue weighted by Gasteiger charge is 2.59. The number of morpholine rings is 1. The van der Waals surface area contributed by atoms with Crippen molar-refractivity contribution in [3.8, 4) is 0 Å². The van der Waals surface area contributed by atoms with Crippen molar-refractivity contribution in [3.63, 3.8) is 0 Å². The summed E-state index contributed by atoms with van der Waals surface area (Å²) in [6.45, 7) is 19.8. The van der Waals surface area contributed by atoms with Crippen LogP contribution >= 0.6 is 11.8 Å². The van der Waals surface area contributed by atoms with Gasteiger partial charge < -0.3 is 25.1 Å². The number of aliphatic imine (C=N–C) groups is 1. The van der Waals surface area contributed by atoms with Crippen molar-refractivity contribution >= 4 is 37.2 Å². The molecular weight excluding hydrogens is 619 g/mol. The molecule has 0 aromatic heterocycles. The minimum Gasteiger partial charge on any atom is -0.407 e. The van der Waals surface area contributed by atoms with Crippen molar-refractivity contribution in [2.45, 2.75) is 109 Å². The van der Waals surface area contributed by atoms with E-state index in [0.29, 0.717) is 23.1 Å². The lowest BCUT2D eigenvalue weighted by Crippen LogP contribution is -2.66. The molecule has 3 N–H and O–H groups in total. The molecule has 12 heteroatoms. The number of rotatable bonds is 12. The Kier molecular flexibility index (Phi) is 12.6. The smallest absolute Gasteiger partial charge is 0.350 e. The first-order valence-corrected chi connectivity index (χ1v) is 21.0. The van der Waals surface area contributed by atoms with Gasteiger partial charge in [-0.15, -0.1) is 5.06 Å². The third-order valence-electron chi connectivity index (χ3n) is 10.1. The zero-order chi connectivity index (χ0) is 33.5. The summed E-state index contributed by atoms with van der Waals surface area (Å²) < 4.78 is 13.1. The summed E-state index contributed by atoms with van der Waals surface area (Å²) in [7, 11) is -2.47. The van der Waals surface area contributed by atoms with Gasteiger partial charge in [0.2, 0.25) is 0 Å². The number of primary amides is 1. The SMILES string of the molecule is CC(C)CCC(O[Si](C)(C)C(C)(C)C)(C1N=C(SCCN2CCOCC2)ON1C(N)=O)[C@@H]1CCCC[C@@H]1NC(=O)c1ccccc1. The molecule has 2 fully saturated rings. The predicted octanol–water partition coefficient (Wildman–Crippen LogP) is 6.25. The summed E-state index contributed by atoms with van der Waals surface area (Å²) in [5.41, 5.74) is 5.77. The first-order chi connectivity index (χ1) is 21.7. The van der Waals surface area contributed by atoms with Gasteiger partial charge in [0, 0.05) is 42.9 Å². The quantitative estimate of drug-likeness (QED) is 0.252. The Bertz CT molecular complexity index is 1190. The maximum Gasteiger partial charge on any atom is 0.350 e. The third-order valence-corrected chi connectivity index (χ3v) is 15.4. The third kappa shape index (κ3) is 9.06. The second kappa shape index (κ2) is 15.8. The van der Waals surface area contributed by atoms with Crippen LogP contribution in [-0.2, 0) is 14.0 Å². The van der Waals surface area contributed by atoms with Gasteiger partial charge in [0.15, 0.2) is 14.5 Å². The van der Waals surface area contributed by atoms with E-state index in [1.54, 1.807) is 0 Å². The van der Waals surface area contributed by atoms with E-state index in [9.17, 15) is 9.59 Å². The number of benzene rings is 1. The maximum atomic E-state index is 13.6. The highest BCUT2D eigenvalue weighted by Crippen LogP contribution is 2.50. The summed E-state index contributed by atoms with van der Waals surface area (Å²) in [4.78, 5) is 40.5. The fourth-order valence-corrected chi connectivity index (χ4v) is 8.94. The Morgan fingerprint density at radius 2 is 1.80 bits per heavy atom. The lowest BCUT2D eigenvalue weighted by molar-refractivity contribution is -0.143. The Labute approximate surface area is 281 Å². The number of nitrogens with one attached hydrogen (secondary N) is 1. The van der Waals surface area contributed by atoms with Crippen LogP contribution in [0.4, 0.5) is 4.79 Å². The monoisotopic (exact) mass is 675 g/mol. The molecule has 4 rings (SSSR count). The van der Waals surface area contributed by atoms with Crippen LogP contribution < -0.4 is 11.1 Å². The molecule has 46 heavy (non-hydrogen) atoms. The number of carbonyl (C=O) groups excluding carboxylic acids is 2. The van der Waals surface area contributed by atoms with Crippen molar-refractivity contribution in [2.24, 2.45) is 22.6 Å². The molecule has 10 nitrogen and oxygen atoms in total. The fraction of sp³-hybridized carbons (Fsp3) is 0.735. The van der Waals surface area contributed by atoms with Crippen LogP contribution in [0, 0.1) is 11.8 Å². The minimum atomic E-state index is -2.47. The van der Waals surface area contributed by atoms with Gasteiger partial charge in [-0.05, 0) is 61.9 Å². The van der Waals surface area contributed by atoms with Crippen molar-refractivity contribution in [1.82, 2.24) is 15.3 Å². The van der Waals surface area contributed by atoms with Gasteiger partial charge in [-0.1, -0.05) is 77.4 Å². The number of nitrogens with zero attached hydrogens (tertiary/aromatic N) is 3. The van der Waals surface area contributed by atoms with Crippen LogP contribution in [0.5, 0.6) is 0 Å². The molecule has 2 heterocycles. The van der Waals surface area contributed by atoms with E-state index >= 15 is 0 Å². The van der Waals surface area contributed by atoms with Gasteiger partial charge in [-0.3, -0.25) is 9.69 Å². The molecule has 258 valence electrons. The van der Waals surface area contributed by atoms with E-state index in [4.69, 9.17) is 24.7 Å². The number of hydrogen-bond donors (Lipinski definition) is 2. The van der Waals surface area contributed by atoms with E-state index < -0.39 is 26.1 Å². The van der Waals surface area contributed by atoms with E-state index in [1.807, 2.05) is 30.3 Å². The van der Waals surface area contributed by atoms with Crippen LogP contribution in [-0.4, -0.2) is 91.9 Å². The molecule has 1 saturated heterocycles. The highest BCUT2D eigenvalue weighted by molar-refractivity contribution is 8.13. The van der Waals surface area contributed by atoms with Crippen molar-refractivity contribution < 1.29 is 23.6 Å². The number of amides is 3. The van der Waals surface area contributed by atoms with Crippen molar-refractivity contribution in [1.29, 1.82) is 0 Å². The Hall–Kier alpha value is -2.12. The largest absolute Gasteiger partial charge is 0.407 e. The average Bonchev–Trinajstić information content (AvgIpc) is 3.45. The summed E-state index contributed by atoms with van der Waals surface area (Å²) in [6.07, 6.45) is 4.41. The first-order valence-electron chi connectivity index (χ1n) is 17.1. The lowest BCUT2D eigenvalue weighted by atomic mass is 9.69. The second-order valence-corrected chi connectivity index (χ2v) is 20.7. The van der Waals surface area contributed by atoms with E-state index in [-0.39, 0.29) is 22.9 Å². The zero-order valence-electron chi connectivity index (χ0n) is 29.0. The van der Waals surface area contributed by atoms with Gasteiger partial charge in [-0.2, -0.15) is 0 Å². The van der Waals surface area contributed by atoms with E-state index in [0.717, 1.165) is 70.7 Å². The second-order valence-electron chi connectivity index (χ2n) is 14.9. The Morgan fingerprint density at radius 1 is 1.13 bits per heavy atom. The first kappa shape index (κ1) is 36.7. The number of hydrogen-bond acceptors (Lipinski definition) is 8. The molecule has 1 aromatic carbocycles. The number of carbonyl (C=O) groups is 2. The van der Waals surface area contributed by atoms with Crippen LogP contribution in [0.15, 0.2) is 35.3 Å². The number of urea groups is 1. The van der Waals surface area contributed by atoms with E-state index in [2.05, 4.69) is 57.9 Å².